The molecule has 0 N–H and O–H groups in total. The highest BCUT2D eigenvalue weighted by Crippen LogP contribution is 2.22. The fourth-order valence-corrected chi connectivity index (χ4v) is 3.74. The number of hydrogen-bond acceptors (Lipinski definition) is 5. The number of nitrogens with zero attached hydrogens (tertiary/aromatic N) is 3. The molecule has 1 fully saturated rings. The molecular formula is C20H21ClFN3O3. The normalized spacial score (nSPS) is 16.0. The topological polar surface area (TPSA) is 50.9 Å². The molecule has 1 saturated heterocycles. The van der Waals surface area contributed by atoms with Gasteiger partial charge >= 0.3 is 5.76 Å². The number of rotatable bonds is 5. The fraction of sp³-hybridized carbons (Fsp3) is 0.350. The second kappa shape index (κ2) is 7.95. The second-order valence-electron chi connectivity index (χ2n) is 6.90. The van der Waals surface area contributed by atoms with E-state index in [4.69, 9.17) is 20.8 Å². The van der Waals surface area contributed by atoms with Gasteiger partial charge in [0.15, 0.2) is 5.58 Å². The summed E-state index contributed by atoms with van der Waals surface area (Å²) in [7, 11) is 1.59. The van der Waals surface area contributed by atoms with Crippen molar-refractivity contribution in [1.82, 2.24) is 14.4 Å². The van der Waals surface area contributed by atoms with Crippen LogP contribution in [0, 0.1) is 5.82 Å². The average Bonchev–Trinajstić information content (AvgIpc) is 2.98. The van der Waals surface area contributed by atoms with E-state index in [-0.39, 0.29) is 11.6 Å². The van der Waals surface area contributed by atoms with Crippen molar-refractivity contribution >= 4 is 22.7 Å². The van der Waals surface area contributed by atoms with E-state index >= 15 is 0 Å². The smallest absolute Gasteiger partial charge is 0.421 e. The van der Waals surface area contributed by atoms with Crippen molar-refractivity contribution in [3.05, 3.63) is 63.4 Å². The molecule has 2 aromatic carbocycles. The maximum Gasteiger partial charge on any atom is 0.421 e. The monoisotopic (exact) mass is 405 g/mol. The van der Waals surface area contributed by atoms with Gasteiger partial charge in [0.1, 0.15) is 11.6 Å². The Kier molecular flexibility index (Phi) is 5.39. The van der Waals surface area contributed by atoms with E-state index in [0.29, 0.717) is 29.6 Å². The number of halogens is 2. The first kappa shape index (κ1) is 19.0. The molecule has 0 aliphatic carbocycles. The van der Waals surface area contributed by atoms with E-state index in [9.17, 15) is 9.18 Å². The van der Waals surface area contributed by atoms with Crippen molar-refractivity contribution in [2.45, 2.75) is 13.2 Å². The van der Waals surface area contributed by atoms with Crippen LogP contribution in [0.3, 0.4) is 0 Å². The lowest BCUT2D eigenvalue weighted by atomic mass is 10.1. The standard InChI is InChI=1S/C20H21ClFN3O3/c1-27-18-5-3-16(22)10-14(18)12-23-6-8-24(9-7-23)13-25-17-4-2-15(21)11-19(17)28-20(25)26/h2-5,10-11H,6-9,12-13H2,1H3. The van der Waals surface area contributed by atoms with Crippen LogP contribution in [-0.2, 0) is 13.2 Å². The summed E-state index contributed by atoms with van der Waals surface area (Å²) >= 11 is 5.97. The molecule has 148 valence electrons. The van der Waals surface area contributed by atoms with E-state index in [1.165, 1.54) is 12.1 Å². The van der Waals surface area contributed by atoms with E-state index in [2.05, 4.69) is 9.80 Å². The summed E-state index contributed by atoms with van der Waals surface area (Å²) < 4.78 is 25.8. The van der Waals surface area contributed by atoms with Crippen LogP contribution in [0.15, 0.2) is 45.6 Å². The van der Waals surface area contributed by atoms with Crippen LogP contribution in [-0.4, -0.2) is 47.7 Å². The molecule has 28 heavy (non-hydrogen) atoms. The molecule has 0 unspecified atom stereocenters. The first-order chi connectivity index (χ1) is 13.5. The Morgan fingerprint density at radius 1 is 1.11 bits per heavy atom. The molecule has 0 radical (unpaired) electrons. The van der Waals surface area contributed by atoms with Gasteiger partial charge in [-0.25, -0.2) is 9.18 Å². The molecule has 0 amide bonds. The molecule has 0 bridgehead atoms. The lowest BCUT2D eigenvalue weighted by Crippen LogP contribution is -2.47. The van der Waals surface area contributed by atoms with Crippen molar-refractivity contribution in [2.75, 3.05) is 33.3 Å². The zero-order valence-electron chi connectivity index (χ0n) is 15.5. The van der Waals surface area contributed by atoms with Gasteiger partial charge in [-0.2, -0.15) is 0 Å². The van der Waals surface area contributed by atoms with Gasteiger partial charge in [-0.1, -0.05) is 11.6 Å². The molecular weight excluding hydrogens is 385 g/mol. The Labute approximate surface area is 166 Å². The Morgan fingerprint density at radius 3 is 2.61 bits per heavy atom. The molecule has 0 spiro atoms. The molecule has 4 rings (SSSR count). The quantitative estimate of drug-likeness (QED) is 0.652. The minimum atomic E-state index is -0.385. The van der Waals surface area contributed by atoms with Crippen molar-refractivity contribution in [3.63, 3.8) is 0 Å². The average molecular weight is 406 g/mol. The van der Waals surface area contributed by atoms with Gasteiger partial charge in [0.25, 0.3) is 0 Å². The molecule has 0 atom stereocenters. The largest absolute Gasteiger partial charge is 0.496 e. The number of oxazole rings is 1. The minimum absolute atomic E-state index is 0.263. The number of piperazine rings is 1. The second-order valence-corrected chi connectivity index (χ2v) is 7.34. The van der Waals surface area contributed by atoms with Crippen LogP contribution in [0.1, 0.15) is 5.56 Å². The molecule has 2 heterocycles. The highest BCUT2D eigenvalue weighted by Gasteiger charge is 2.20. The third-order valence-electron chi connectivity index (χ3n) is 5.07. The Hall–Kier alpha value is -2.35. The number of benzene rings is 2. The third-order valence-corrected chi connectivity index (χ3v) is 5.31. The molecule has 1 aromatic heterocycles. The van der Waals surface area contributed by atoms with Gasteiger partial charge in [-0.3, -0.25) is 14.4 Å². The Bertz CT molecular complexity index is 1040. The van der Waals surface area contributed by atoms with Crippen LogP contribution >= 0.6 is 11.6 Å². The summed E-state index contributed by atoms with van der Waals surface area (Å²) in [5.74, 6) is 0.0452. The predicted octanol–water partition coefficient (Wildman–Crippen LogP) is 3.17. The van der Waals surface area contributed by atoms with Crippen molar-refractivity contribution in [3.8, 4) is 5.75 Å². The molecule has 3 aromatic rings. The lowest BCUT2D eigenvalue weighted by Gasteiger charge is -2.34. The van der Waals surface area contributed by atoms with Crippen molar-refractivity contribution < 1.29 is 13.5 Å². The summed E-state index contributed by atoms with van der Waals surface area (Å²) in [5.41, 5.74) is 2.07. The van der Waals surface area contributed by atoms with Gasteiger partial charge in [0, 0.05) is 49.4 Å². The van der Waals surface area contributed by atoms with Gasteiger partial charge in [0.05, 0.1) is 19.3 Å². The SMILES string of the molecule is COc1ccc(F)cc1CN1CCN(Cn2c(=O)oc3cc(Cl)ccc32)CC1. The highest BCUT2D eigenvalue weighted by molar-refractivity contribution is 6.31. The minimum Gasteiger partial charge on any atom is -0.496 e. The first-order valence-electron chi connectivity index (χ1n) is 9.09. The fourth-order valence-electron chi connectivity index (χ4n) is 3.57. The van der Waals surface area contributed by atoms with E-state index < -0.39 is 0 Å². The van der Waals surface area contributed by atoms with Crippen LogP contribution in [0.5, 0.6) is 5.75 Å². The zero-order chi connectivity index (χ0) is 19.7. The van der Waals surface area contributed by atoms with E-state index in [1.54, 1.807) is 35.9 Å². The molecule has 0 saturated carbocycles. The number of methoxy groups -OCH3 is 1. The summed E-state index contributed by atoms with van der Waals surface area (Å²) in [4.78, 5) is 16.7. The number of ether oxygens (including phenoxy) is 1. The maximum atomic E-state index is 13.6. The van der Waals surface area contributed by atoms with E-state index in [0.717, 1.165) is 37.3 Å². The summed E-state index contributed by atoms with van der Waals surface area (Å²) in [6.45, 7) is 4.31. The summed E-state index contributed by atoms with van der Waals surface area (Å²) in [6, 6.07) is 9.78. The van der Waals surface area contributed by atoms with Crippen LogP contribution < -0.4 is 10.5 Å². The summed E-state index contributed by atoms with van der Waals surface area (Å²) in [5, 5.41) is 0.537. The number of fused-ring (bicyclic) bond motifs is 1. The van der Waals surface area contributed by atoms with Gasteiger partial charge in [-0.05, 0) is 30.3 Å². The lowest BCUT2D eigenvalue weighted by molar-refractivity contribution is 0.101. The van der Waals surface area contributed by atoms with Crippen LogP contribution in [0.25, 0.3) is 11.1 Å². The molecule has 1 aliphatic rings. The van der Waals surface area contributed by atoms with E-state index in [1.807, 2.05) is 0 Å². The number of aromatic nitrogens is 1. The zero-order valence-corrected chi connectivity index (χ0v) is 16.3. The van der Waals surface area contributed by atoms with Crippen molar-refractivity contribution in [1.29, 1.82) is 0 Å². The van der Waals surface area contributed by atoms with Gasteiger partial charge < -0.3 is 9.15 Å². The Morgan fingerprint density at radius 2 is 1.86 bits per heavy atom. The van der Waals surface area contributed by atoms with Gasteiger partial charge in [-0.15, -0.1) is 0 Å². The van der Waals surface area contributed by atoms with Gasteiger partial charge in [0.2, 0.25) is 0 Å². The summed E-state index contributed by atoms with van der Waals surface area (Å²) in [6.07, 6.45) is 0. The van der Waals surface area contributed by atoms with Crippen molar-refractivity contribution in [2.24, 2.45) is 0 Å². The predicted molar refractivity (Wildman–Crippen MR) is 105 cm³/mol. The highest BCUT2D eigenvalue weighted by atomic mass is 35.5. The molecule has 1 aliphatic heterocycles. The van der Waals surface area contributed by atoms with Crippen LogP contribution in [0.2, 0.25) is 5.02 Å². The molecule has 6 nitrogen and oxygen atoms in total. The first-order valence-corrected chi connectivity index (χ1v) is 9.47. The number of hydrogen-bond donors (Lipinski definition) is 0. The molecule has 8 heteroatoms. The Balaban J connectivity index is 1.41. The third kappa shape index (κ3) is 3.92. The van der Waals surface area contributed by atoms with Crippen LogP contribution in [0.4, 0.5) is 4.39 Å². The maximum absolute atomic E-state index is 13.6.